The SMILES string of the molecule is CN(C)Cc1ccccc1COC(=O)c1ccc([N+](=O)[O-])cc1. The van der Waals surface area contributed by atoms with Crippen LogP contribution in [-0.4, -0.2) is 29.9 Å². The van der Waals surface area contributed by atoms with Gasteiger partial charge in [0.05, 0.1) is 10.5 Å². The first-order chi connectivity index (χ1) is 11.0. The van der Waals surface area contributed by atoms with Gasteiger partial charge >= 0.3 is 5.97 Å². The maximum Gasteiger partial charge on any atom is 0.338 e. The lowest BCUT2D eigenvalue weighted by molar-refractivity contribution is -0.384. The molecule has 23 heavy (non-hydrogen) atoms. The number of benzene rings is 2. The van der Waals surface area contributed by atoms with E-state index in [0.29, 0.717) is 5.56 Å². The topological polar surface area (TPSA) is 72.7 Å². The summed E-state index contributed by atoms with van der Waals surface area (Å²) in [7, 11) is 3.94. The number of non-ortho nitro benzene ring substituents is 1. The molecule has 0 aliphatic rings. The number of nitro groups is 1. The first-order valence-corrected chi connectivity index (χ1v) is 7.10. The molecule has 0 saturated heterocycles. The molecule has 0 heterocycles. The van der Waals surface area contributed by atoms with Crippen LogP contribution in [0, 0.1) is 10.1 Å². The number of nitro benzene ring substituents is 1. The third-order valence-corrected chi connectivity index (χ3v) is 3.28. The van der Waals surface area contributed by atoms with Crippen LogP contribution in [0.15, 0.2) is 48.5 Å². The van der Waals surface area contributed by atoms with Crippen LogP contribution in [0.3, 0.4) is 0 Å². The second kappa shape index (κ2) is 7.51. The highest BCUT2D eigenvalue weighted by molar-refractivity contribution is 5.89. The van der Waals surface area contributed by atoms with Gasteiger partial charge in [-0.15, -0.1) is 0 Å². The predicted octanol–water partition coefficient (Wildman–Crippen LogP) is 3.01. The molecular formula is C17H18N2O4. The molecule has 0 spiro atoms. The van der Waals surface area contributed by atoms with Gasteiger partial charge in [-0.05, 0) is 37.4 Å². The summed E-state index contributed by atoms with van der Waals surface area (Å²) in [5, 5.41) is 10.6. The molecule has 2 aromatic carbocycles. The lowest BCUT2D eigenvalue weighted by atomic mass is 10.1. The Labute approximate surface area is 134 Å². The number of hydrogen-bond acceptors (Lipinski definition) is 5. The Morgan fingerprint density at radius 3 is 2.26 bits per heavy atom. The molecule has 0 aromatic heterocycles. The van der Waals surface area contributed by atoms with Crippen molar-refractivity contribution in [3.05, 3.63) is 75.3 Å². The summed E-state index contributed by atoms with van der Waals surface area (Å²) in [6.07, 6.45) is 0. The molecule has 0 aliphatic heterocycles. The zero-order valence-electron chi connectivity index (χ0n) is 13.1. The molecule has 120 valence electrons. The Hall–Kier alpha value is -2.73. The molecule has 6 heteroatoms. The minimum Gasteiger partial charge on any atom is -0.457 e. The number of rotatable bonds is 6. The molecule has 0 amide bonds. The number of nitrogens with zero attached hydrogens (tertiary/aromatic N) is 2. The molecule has 0 aliphatic carbocycles. The van der Waals surface area contributed by atoms with E-state index in [4.69, 9.17) is 4.74 Å². The van der Waals surface area contributed by atoms with Crippen LogP contribution in [0.25, 0.3) is 0 Å². The van der Waals surface area contributed by atoms with Gasteiger partial charge in [0.15, 0.2) is 0 Å². The molecule has 0 saturated carbocycles. The fourth-order valence-electron chi connectivity index (χ4n) is 2.14. The standard InChI is InChI=1S/C17H18N2O4/c1-18(2)11-14-5-3-4-6-15(14)12-23-17(20)13-7-9-16(10-8-13)19(21)22/h3-10H,11-12H2,1-2H3. The third-order valence-electron chi connectivity index (χ3n) is 3.28. The van der Waals surface area contributed by atoms with Gasteiger partial charge in [-0.25, -0.2) is 4.79 Å². The smallest absolute Gasteiger partial charge is 0.338 e. The zero-order chi connectivity index (χ0) is 16.8. The van der Waals surface area contributed by atoms with Gasteiger partial charge in [0.2, 0.25) is 0 Å². The Kier molecular flexibility index (Phi) is 5.43. The summed E-state index contributed by atoms with van der Waals surface area (Å²) in [4.78, 5) is 24.2. The van der Waals surface area contributed by atoms with E-state index < -0.39 is 10.9 Å². The van der Waals surface area contributed by atoms with Crippen molar-refractivity contribution in [3.8, 4) is 0 Å². The van der Waals surface area contributed by atoms with Crippen molar-refractivity contribution in [1.29, 1.82) is 0 Å². The van der Waals surface area contributed by atoms with Crippen LogP contribution in [0.5, 0.6) is 0 Å². The summed E-state index contributed by atoms with van der Waals surface area (Å²) < 4.78 is 5.31. The maximum atomic E-state index is 12.0. The van der Waals surface area contributed by atoms with E-state index in [1.54, 1.807) is 0 Å². The highest BCUT2D eigenvalue weighted by Crippen LogP contribution is 2.15. The second-order valence-corrected chi connectivity index (χ2v) is 5.39. The normalized spacial score (nSPS) is 10.6. The minimum atomic E-state index is -0.507. The summed E-state index contributed by atoms with van der Waals surface area (Å²) in [6, 6.07) is 13.1. The van der Waals surface area contributed by atoms with Crippen LogP contribution in [-0.2, 0) is 17.9 Å². The molecule has 0 radical (unpaired) electrons. The zero-order valence-corrected chi connectivity index (χ0v) is 13.1. The van der Waals surface area contributed by atoms with Crippen molar-refractivity contribution in [2.45, 2.75) is 13.2 Å². The lowest BCUT2D eigenvalue weighted by Crippen LogP contribution is -2.13. The Bertz CT molecular complexity index is 696. The lowest BCUT2D eigenvalue weighted by Gasteiger charge is -2.14. The van der Waals surface area contributed by atoms with Crippen molar-refractivity contribution < 1.29 is 14.5 Å². The summed E-state index contributed by atoms with van der Waals surface area (Å²) in [6.45, 7) is 0.922. The monoisotopic (exact) mass is 314 g/mol. The molecule has 0 N–H and O–H groups in total. The van der Waals surface area contributed by atoms with Crippen molar-refractivity contribution in [2.75, 3.05) is 14.1 Å². The Morgan fingerprint density at radius 1 is 1.09 bits per heavy atom. The number of hydrogen-bond donors (Lipinski definition) is 0. The molecule has 0 unspecified atom stereocenters. The van der Waals surface area contributed by atoms with Gasteiger partial charge < -0.3 is 9.64 Å². The fraction of sp³-hybridized carbons (Fsp3) is 0.235. The van der Waals surface area contributed by atoms with Gasteiger partial charge in [-0.3, -0.25) is 10.1 Å². The largest absolute Gasteiger partial charge is 0.457 e. The first kappa shape index (κ1) is 16.6. The molecular weight excluding hydrogens is 296 g/mol. The van der Waals surface area contributed by atoms with Gasteiger partial charge in [-0.2, -0.15) is 0 Å². The average Bonchev–Trinajstić information content (AvgIpc) is 2.53. The van der Waals surface area contributed by atoms with Crippen LogP contribution in [0.1, 0.15) is 21.5 Å². The van der Waals surface area contributed by atoms with E-state index in [1.165, 1.54) is 24.3 Å². The van der Waals surface area contributed by atoms with E-state index in [1.807, 2.05) is 43.3 Å². The number of carbonyl (C=O) groups excluding carboxylic acids is 1. The number of carbonyl (C=O) groups is 1. The Balaban J connectivity index is 2.03. The van der Waals surface area contributed by atoms with E-state index in [-0.39, 0.29) is 12.3 Å². The quantitative estimate of drug-likeness (QED) is 0.465. The minimum absolute atomic E-state index is 0.0575. The van der Waals surface area contributed by atoms with E-state index in [2.05, 4.69) is 0 Å². The van der Waals surface area contributed by atoms with Crippen molar-refractivity contribution in [3.63, 3.8) is 0 Å². The molecule has 6 nitrogen and oxygen atoms in total. The summed E-state index contributed by atoms with van der Waals surface area (Å²) in [5.41, 5.74) is 2.27. The van der Waals surface area contributed by atoms with Crippen LogP contribution >= 0.6 is 0 Å². The summed E-state index contributed by atoms with van der Waals surface area (Å²) in [5.74, 6) is -0.500. The first-order valence-electron chi connectivity index (χ1n) is 7.10. The van der Waals surface area contributed by atoms with Crippen LogP contribution in [0.4, 0.5) is 5.69 Å². The second-order valence-electron chi connectivity index (χ2n) is 5.39. The van der Waals surface area contributed by atoms with E-state index in [9.17, 15) is 14.9 Å². The Morgan fingerprint density at radius 2 is 1.70 bits per heavy atom. The molecule has 2 rings (SSSR count). The van der Waals surface area contributed by atoms with Gasteiger partial charge in [-0.1, -0.05) is 24.3 Å². The average molecular weight is 314 g/mol. The van der Waals surface area contributed by atoms with E-state index in [0.717, 1.165) is 17.7 Å². The van der Waals surface area contributed by atoms with Gasteiger partial charge in [0.1, 0.15) is 6.61 Å². The third kappa shape index (κ3) is 4.62. The molecule has 2 aromatic rings. The highest BCUT2D eigenvalue weighted by atomic mass is 16.6. The molecule has 0 fully saturated rings. The van der Waals surface area contributed by atoms with Crippen molar-refractivity contribution >= 4 is 11.7 Å². The maximum absolute atomic E-state index is 12.0. The van der Waals surface area contributed by atoms with Crippen LogP contribution < -0.4 is 0 Å². The van der Waals surface area contributed by atoms with Crippen molar-refractivity contribution in [1.82, 2.24) is 4.90 Å². The predicted molar refractivity (Wildman–Crippen MR) is 86.0 cm³/mol. The fourth-order valence-corrected chi connectivity index (χ4v) is 2.14. The molecule has 0 bridgehead atoms. The highest BCUT2D eigenvalue weighted by Gasteiger charge is 2.12. The molecule has 0 atom stereocenters. The summed E-state index contributed by atoms with van der Waals surface area (Å²) >= 11 is 0. The van der Waals surface area contributed by atoms with Gasteiger partial charge in [0, 0.05) is 18.7 Å². The van der Waals surface area contributed by atoms with Crippen LogP contribution in [0.2, 0.25) is 0 Å². The van der Waals surface area contributed by atoms with Crippen molar-refractivity contribution in [2.24, 2.45) is 0 Å². The number of ether oxygens (including phenoxy) is 1. The van der Waals surface area contributed by atoms with E-state index >= 15 is 0 Å². The van der Waals surface area contributed by atoms with Gasteiger partial charge in [0.25, 0.3) is 5.69 Å². The number of esters is 1.